The normalized spacial score (nSPS) is 10.1. The van der Waals surface area contributed by atoms with Gasteiger partial charge in [0, 0.05) is 45.3 Å². The molecule has 0 saturated carbocycles. The molecule has 0 aliphatic heterocycles. The van der Waals surface area contributed by atoms with Crippen LogP contribution in [0.25, 0.3) is 0 Å². The number of nitrogens with one attached hydrogen (secondary N) is 1. The molecular formula is C15H22ClN4-. The molecule has 110 valence electrons. The molecule has 0 aliphatic rings. The standard InChI is InChI=1S/C15H22N4.ClH/c1-18(2)15-6-4-14(5-7-15)12-16-8-3-10-19-11-9-17-13-19;/h4-7,9,11,13,16H,3,8,10,12H2,1-2H3;1H/p-1. The van der Waals surface area contributed by atoms with Crippen LogP contribution >= 0.6 is 0 Å². The molecule has 1 N–H and O–H groups in total. The molecule has 0 bridgehead atoms. The van der Waals surface area contributed by atoms with Gasteiger partial charge >= 0.3 is 0 Å². The zero-order valence-electron chi connectivity index (χ0n) is 12.1. The molecule has 0 fully saturated rings. The van der Waals surface area contributed by atoms with Gasteiger partial charge in [0.05, 0.1) is 6.33 Å². The molecule has 0 atom stereocenters. The number of halogens is 1. The van der Waals surface area contributed by atoms with Crippen molar-refractivity contribution >= 4 is 5.69 Å². The van der Waals surface area contributed by atoms with E-state index < -0.39 is 0 Å². The van der Waals surface area contributed by atoms with E-state index in [1.165, 1.54) is 11.3 Å². The molecule has 0 aliphatic carbocycles. The topological polar surface area (TPSA) is 33.1 Å². The van der Waals surface area contributed by atoms with E-state index in [2.05, 4.69) is 58.1 Å². The summed E-state index contributed by atoms with van der Waals surface area (Å²) in [5.74, 6) is 0. The van der Waals surface area contributed by atoms with Crippen molar-refractivity contribution in [3.63, 3.8) is 0 Å². The van der Waals surface area contributed by atoms with Gasteiger partial charge in [0.2, 0.25) is 0 Å². The van der Waals surface area contributed by atoms with E-state index in [0.717, 1.165) is 26.1 Å². The molecule has 1 heterocycles. The number of aromatic nitrogens is 2. The molecule has 2 rings (SSSR count). The Balaban J connectivity index is 0.00000200. The van der Waals surface area contributed by atoms with Crippen molar-refractivity contribution in [3.05, 3.63) is 48.5 Å². The second-order valence-corrected chi connectivity index (χ2v) is 4.89. The fraction of sp³-hybridized carbons (Fsp3) is 0.400. The Morgan fingerprint density at radius 1 is 1.20 bits per heavy atom. The van der Waals surface area contributed by atoms with E-state index in [0.29, 0.717) is 0 Å². The van der Waals surface area contributed by atoms with Crippen LogP contribution in [0.2, 0.25) is 0 Å². The average molecular weight is 294 g/mol. The first-order valence-corrected chi connectivity index (χ1v) is 6.68. The summed E-state index contributed by atoms with van der Waals surface area (Å²) in [5, 5.41) is 3.47. The third kappa shape index (κ3) is 5.23. The van der Waals surface area contributed by atoms with Gasteiger partial charge in [0.1, 0.15) is 0 Å². The number of aryl methyl sites for hydroxylation is 1. The lowest BCUT2D eigenvalue weighted by atomic mass is 10.2. The van der Waals surface area contributed by atoms with E-state index in [9.17, 15) is 0 Å². The maximum Gasteiger partial charge on any atom is 0.0945 e. The third-order valence-corrected chi connectivity index (χ3v) is 3.11. The predicted molar refractivity (Wildman–Crippen MR) is 79.3 cm³/mol. The quantitative estimate of drug-likeness (QED) is 0.674. The molecule has 5 heteroatoms. The summed E-state index contributed by atoms with van der Waals surface area (Å²) >= 11 is 0. The van der Waals surface area contributed by atoms with Gasteiger partial charge in [-0.15, -0.1) is 0 Å². The van der Waals surface area contributed by atoms with Crippen LogP contribution in [0.3, 0.4) is 0 Å². The van der Waals surface area contributed by atoms with Crippen LogP contribution in [0.1, 0.15) is 12.0 Å². The Morgan fingerprint density at radius 2 is 1.95 bits per heavy atom. The van der Waals surface area contributed by atoms with Crippen molar-refractivity contribution in [3.8, 4) is 0 Å². The molecule has 1 aromatic heterocycles. The molecule has 0 spiro atoms. The van der Waals surface area contributed by atoms with E-state index in [-0.39, 0.29) is 12.4 Å². The van der Waals surface area contributed by atoms with Crippen molar-refractivity contribution in [2.45, 2.75) is 19.5 Å². The van der Waals surface area contributed by atoms with Crippen molar-refractivity contribution in [1.82, 2.24) is 14.9 Å². The van der Waals surface area contributed by atoms with Gasteiger partial charge < -0.3 is 27.2 Å². The highest BCUT2D eigenvalue weighted by Gasteiger charge is 1.96. The Hall–Kier alpha value is -1.52. The smallest absolute Gasteiger partial charge is 0.0945 e. The number of benzene rings is 1. The summed E-state index contributed by atoms with van der Waals surface area (Å²) in [6.45, 7) is 2.97. The number of hydrogen-bond donors (Lipinski definition) is 1. The first-order chi connectivity index (χ1) is 9.25. The first kappa shape index (κ1) is 16.5. The Labute approximate surface area is 127 Å². The Morgan fingerprint density at radius 3 is 2.55 bits per heavy atom. The van der Waals surface area contributed by atoms with Crippen LogP contribution in [0.5, 0.6) is 0 Å². The van der Waals surface area contributed by atoms with Crippen LogP contribution in [-0.2, 0) is 13.1 Å². The monoisotopic (exact) mass is 293 g/mol. The summed E-state index contributed by atoms with van der Waals surface area (Å²) in [5.41, 5.74) is 2.57. The van der Waals surface area contributed by atoms with Gasteiger partial charge in [0.15, 0.2) is 0 Å². The molecule has 4 nitrogen and oxygen atoms in total. The van der Waals surface area contributed by atoms with E-state index in [1.807, 2.05) is 18.7 Å². The highest BCUT2D eigenvalue weighted by atomic mass is 35.5. The molecule has 20 heavy (non-hydrogen) atoms. The van der Waals surface area contributed by atoms with Crippen LogP contribution in [0.4, 0.5) is 5.69 Å². The minimum absolute atomic E-state index is 0. The van der Waals surface area contributed by atoms with Gasteiger partial charge in [-0.3, -0.25) is 0 Å². The van der Waals surface area contributed by atoms with Crippen molar-refractivity contribution in [1.29, 1.82) is 0 Å². The van der Waals surface area contributed by atoms with Crippen LogP contribution in [0, 0.1) is 0 Å². The summed E-state index contributed by atoms with van der Waals surface area (Å²) in [6, 6.07) is 8.67. The molecule has 0 amide bonds. The molecule has 0 unspecified atom stereocenters. The van der Waals surface area contributed by atoms with Crippen LogP contribution in [0.15, 0.2) is 43.0 Å². The molecule has 2 aromatic rings. The van der Waals surface area contributed by atoms with Gasteiger partial charge in [0.25, 0.3) is 0 Å². The van der Waals surface area contributed by atoms with Gasteiger partial charge in [-0.05, 0) is 30.7 Å². The van der Waals surface area contributed by atoms with Gasteiger partial charge in [-0.2, -0.15) is 0 Å². The highest BCUT2D eigenvalue weighted by Crippen LogP contribution is 2.11. The number of anilines is 1. The van der Waals surface area contributed by atoms with Crippen LogP contribution in [-0.4, -0.2) is 30.2 Å². The number of hydrogen-bond acceptors (Lipinski definition) is 3. The lowest BCUT2D eigenvalue weighted by Gasteiger charge is -2.13. The maximum absolute atomic E-state index is 4.03. The molecule has 0 saturated heterocycles. The number of rotatable bonds is 7. The first-order valence-electron chi connectivity index (χ1n) is 6.68. The molecule has 0 radical (unpaired) electrons. The Kier molecular flexibility index (Phi) is 7.12. The average Bonchev–Trinajstić information content (AvgIpc) is 2.92. The maximum atomic E-state index is 4.03. The van der Waals surface area contributed by atoms with Gasteiger partial charge in [-0.1, -0.05) is 12.1 Å². The summed E-state index contributed by atoms with van der Waals surface area (Å²) in [6.07, 6.45) is 6.80. The predicted octanol–water partition coefficient (Wildman–Crippen LogP) is -0.867. The minimum atomic E-state index is 0. The second-order valence-electron chi connectivity index (χ2n) is 4.89. The number of imidazole rings is 1. The summed E-state index contributed by atoms with van der Waals surface area (Å²) in [4.78, 5) is 6.14. The fourth-order valence-electron chi connectivity index (χ4n) is 1.95. The number of nitrogens with zero attached hydrogens (tertiary/aromatic N) is 3. The SMILES string of the molecule is CN(C)c1ccc(CNCCCn2ccnc2)cc1.[Cl-]. The lowest BCUT2D eigenvalue weighted by molar-refractivity contribution is -0.00000408. The second kappa shape index (κ2) is 8.61. The zero-order valence-corrected chi connectivity index (χ0v) is 12.8. The van der Waals surface area contributed by atoms with E-state index in [1.54, 1.807) is 0 Å². The highest BCUT2D eigenvalue weighted by molar-refractivity contribution is 5.45. The van der Waals surface area contributed by atoms with Crippen molar-refractivity contribution in [2.75, 3.05) is 25.5 Å². The summed E-state index contributed by atoms with van der Waals surface area (Å²) < 4.78 is 2.10. The molecular weight excluding hydrogens is 272 g/mol. The van der Waals surface area contributed by atoms with E-state index >= 15 is 0 Å². The molecule has 1 aromatic carbocycles. The van der Waals surface area contributed by atoms with Crippen molar-refractivity contribution in [2.24, 2.45) is 0 Å². The Bertz CT molecular complexity index is 465. The van der Waals surface area contributed by atoms with Crippen molar-refractivity contribution < 1.29 is 12.4 Å². The summed E-state index contributed by atoms with van der Waals surface area (Å²) in [7, 11) is 4.12. The van der Waals surface area contributed by atoms with Crippen LogP contribution < -0.4 is 22.6 Å². The fourth-order valence-corrected chi connectivity index (χ4v) is 1.95. The minimum Gasteiger partial charge on any atom is -1.00 e. The largest absolute Gasteiger partial charge is 1.00 e. The van der Waals surface area contributed by atoms with E-state index in [4.69, 9.17) is 0 Å². The third-order valence-electron chi connectivity index (χ3n) is 3.11. The zero-order chi connectivity index (χ0) is 13.5. The lowest BCUT2D eigenvalue weighted by Crippen LogP contribution is -3.00. The van der Waals surface area contributed by atoms with Gasteiger partial charge in [-0.25, -0.2) is 4.98 Å².